The normalized spacial score (nSPS) is 22.3. The van der Waals surface area contributed by atoms with Crippen molar-refractivity contribution in [3.8, 4) is 12.3 Å². The van der Waals surface area contributed by atoms with Crippen LogP contribution >= 0.6 is 31.3 Å². The molecule has 17 heteroatoms. The summed E-state index contributed by atoms with van der Waals surface area (Å²) in [5.74, 6) is 3.19. The third-order valence-corrected chi connectivity index (χ3v) is 10.6. The Balaban J connectivity index is 1.78. The number of nitrogens with zero attached hydrogens (tertiary/aromatic N) is 5. The van der Waals surface area contributed by atoms with Crippen LogP contribution in [-0.2, 0) is 32.5 Å². The van der Waals surface area contributed by atoms with Crippen LogP contribution in [0.2, 0.25) is 0 Å². The van der Waals surface area contributed by atoms with E-state index in [0.29, 0.717) is 17.2 Å². The molecule has 0 unspecified atom stereocenters. The molecule has 0 saturated carbocycles. The number of aryl methyl sites for hydroxylation is 1. The number of halogens is 1. The molecular formula is C29H43FN5O8PS2. The van der Waals surface area contributed by atoms with E-state index in [1.54, 1.807) is 67.5 Å². The quantitative estimate of drug-likeness (QED) is 0.176. The molecule has 1 fully saturated rings. The van der Waals surface area contributed by atoms with Gasteiger partial charge in [-0.3, -0.25) is 27.7 Å². The third-order valence-electron chi connectivity index (χ3n) is 6.61. The number of anilines is 1. The Morgan fingerprint density at radius 2 is 1.65 bits per heavy atom. The van der Waals surface area contributed by atoms with Gasteiger partial charge in [-0.25, -0.2) is 23.9 Å². The Hall–Kier alpha value is -2.09. The minimum absolute atomic E-state index is 0.0860. The van der Waals surface area contributed by atoms with Crippen LogP contribution < -0.4 is 4.90 Å². The molecular weight excluding hydrogens is 660 g/mol. The first-order valence-electron chi connectivity index (χ1n) is 14.5. The fourth-order valence-corrected chi connectivity index (χ4v) is 7.08. The van der Waals surface area contributed by atoms with Gasteiger partial charge in [0.25, 0.3) is 0 Å². The summed E-state index contributed by atoms with van der Waals surface area (Å²) >= 11 is 2.01. The molecule has 13 nitrogen and oxygen atoms in total. The van der Waals surface area contributed by atoms with Gasteiger partial charge in [0.15, 0.2) is 33.4 Å². The molecule has 256 valence electrons. The highest BCUT2D eigenvalue weighted by Gasteiger charge is 2.58. The van der Waals surface area contributed by atoms with Gasteiger partial charge in [0.2, 0.25) is 5.67 Å². The zero-order valence-electron chi connectivity index (χ0n) is 27.6. The van der Waals surface area contributed by atoms with Gasteiger partial charge < -0.3 is 14.7 Å². The highest BCUT2D eigenvalue weighted by Crippen LogP contribution is 2.51. The van der Waals surface area contributed by atoms with E-state index in [1.807, 2.05) is 5.92 Å². The van der Waals surface area contributed by atoms with Crippen molar-refractivity contribution in [3.63, 3.8) is 0 Å². The van der Waals surface area contributed by atoms with Crippen molar-refractivity contribution in [2.75, 3.05) is 50.3 Å². The zero-order valence-corrected chi connectivity index (χ0v) is 30.1. The van der Waals surface area contributed by atoms with Gasteiger partial charge in [-0.1, -0.05) is 71.0 Å². The first kappa shape index (κ1) is 38.4. The van der Waals surface area contributed by atoms with Gasteiger partial charge in [-0.05, 0) is 6.92 Å². The lowest BCUT2D eigenvalue weighted by Crippen LogP contribution is -2.42. The summed E-state index contributed by atoms with van der Waals surface area (Å²) < 4.78 is 53.6. The summed E-state index contributed by atoms with van der Waals surface area (Å²) in [6, 6.07) is 0. The second-order valence-electron chi connectivity index (χ2n) is 12.9. The molecule has 1 aliphatic rings. The van der Waals surface area contributed by atoms with Crippen LogP contribution in [0.3, 0.4) is 0 Å². The number of hydrogen-bond acceptors (Lipinski definition) is 14. The fraction of sp³-hybridized carbons (Fsp3) is 0.690. The number of thioether (sulfide) groups is 2. The molecule has 2 aromatic heterocycles. The van der Waals surface area contributed by atoms with Crippen LogP contribution in [0.15, 0.2) is 6.33 Å². The van der Waals surface area contributed by atoms with Crippen LogP contribution in [0.25, 0.3) is 11.2 Å². The van der Waals surface area contributed by atoms with Crippen LogP contribution in [0.1, 0.15) is 53.6 Å². The average molecular weight is 704 g/mol. The predicted octanol–water partition coefficient (Wildman–Crippen LogP) is 4.57. The molecule has 0 spiro atoms. The number of phosphoric ester groups is 1. The number of aliphatic hydroxyl groups is 1. The number of hydrogen-bond donors (Lipinski definition) is 1. The summed E-state index contributed by atoms with van der Waals surface area (Å²) in [6.45, 7) is 11.3. The smallest absolute Gasteiger partial charge is 0.386 e. The SMILES string of the molecule is C#C[C@@]1(F)[C@H](O)[C@@H](COP(=O)(OCCSC(=O)C(C)(C)C)OCCSC(=O)C(C)(C)C)O[C@H]1n1cnc2c(N(C)C)nc(C)nc21. The van der Waals surface area contributed by atoms with Crippen molar-refractivity contribution in [2.45, 2.75) is 72.6 Å². The van der Waals surface area contributed by atoms with Crippen molar-refractivity contribution < 1.29 is 42.0 Å². The molecule has 3 heterocycles. The predicted molar refractivity (Wildman–Crippen MR) is 176 cm³/mol. The lowest BCUT2D eigenvalue weighted by molar-refractivity contribution is -0.118. The molecule has 0 amide bonds. The number of carbonyl (C=O) groups is 2. The van der Waals surface area contributed by atoms with Crippen LogP contribution in [0, 0.1) is 30.1 Å². The number of rotatable bonds is 13. The largest absolute Gasteiger partial charge is 0.474 e. The number of terminal acetylenes is 1. The van der Waals surface area contributed by atoms with Gasteiger partial charge in [0.1, 0.15) is 18.0 Å². The van der Waals surface area contributed by atoms with E-state index in [2.05, 4.69) is 15.0 Å². The number of alkyl halides is 1. The average Bonchev–Trinajstić information content (AvgIpc) is 3.48. The molecule has 0 aromatic carbocycles. The Morgan fingerprint density at radius 1 is 1.11 bits per heavy atom. The maximum Gasteiger partial charge on any atom is 0.474 e. The summed E-state index contributed by atoms with van der Waals surface area (Å²) in [5, 5.41) is 10.8. The van der Waals surface area contributed by atoms with Crippen molar-refractivity contribution >= 4 is 58.6 Å². The fourth-order valence-electron chi connectivity index (χ4n) is 4.08. The summed E-state index contributed by atoms with van der Waals surface area (Å²) in [7, 11) is -0.807. The minimum atomic E-state index is -4.35. The van der Waals surface area contributed by atoms with Gasteiger partial charge in [0, 0.05) is 36.4 Å². The van der Waals surface area contributed by atoms with Crippen LogP contribution in [0.5, 0.6) is 0 Å². The van der Waals surface area contributed by atoms with Crippen molar-refractivity contribution in [1.82, 2.24) is 19.5 Å². The Bertz CT molecular complexity index is 1470. The van der Waals surface area contributed by atoms with E-state index in [0.717, 1.165) is 23.5 Å². The molecule has 0 radical (unpaired) electrons. The number of carbonyl (C=O) groups excluding carboxylic acids is 2. The number of aliphatic hydroxyl groups excluding tert-OH is 1. The van der Waals surface area contributed by atoms with E-state index in [9.17, 15) is 19.3 Å². The van der Waals surface area contributed by atoms with Crippen LogP contribution in [-0.4, -0.2) is 98.2 Å². The first-order chi connectivity index (χ1) is 21.2. The topological polar surface area (TPSA) is 155 Å². The molecule has 3 rings (SSSR count). The molecule has 2 aromatic rings. The Morgan fingerprint density at radius 3 is 2.13 bits per heavy atom. The van der Waals surface area contributed by atoms with Crippen molar-refractivity contribution in [1.29, 1.82) is 0 Å². The number of aromatic nitrogens is 4. The lowest BCUT2D eigenvalue weighted by Gasteiger charge is -2.24. The lowest BCUT2D eigenvalue weighted by atomic mass is 9.97. The second-order valence-corrected chi connectivity index (χ2v) is 16.7. The standard InChI is InChI=1S/C29H43FN5O8PS2/c1-11-29(30)21(36)19(43-24(29)35-17-31-20-22(34(9)10)32-18(2)33-23(20)35)16-42-44(39,40-12-14-45-25(37)27(3,4)5)41-13-15-46-26(38)28(6,7)8/h1,17,19,21,24,36H,12-16H2,2-10H3/t19-,21-,24-,29-/m1/s1. The molecule has 46 heavy (non-hydrogen) atoms. The summed E-state index contributed by atoms with van der Waals surface area (Å²) in [6.07, 6.45) is 1.98. The van der Waals surface area contributed by atoms with E-state index in [-0.39, 0.29) is 40.6 Å². The zero-order chi connectivity index (χ0) is 34.7. The third kappa shape index (κ3) is 9.08. The van der Waals surface area contributed by atoms with E-state index in [4.69, 9.17) is 24.7 Å². The van der Waals surface area contributed by atoms with Gasteiger partial charge in [-0.15, -0.1) is 6.42 Å². The second kappa shape index (κ2) is 15.0. The van der Waals surface area contributed by atoms with E-state index in [1.165, 1.54) is 10.9 Å². The van der Waals surface area contributed by atoms with Gasteiger partial charge in [0.05, 0.1) is 26.1 Å². The van der Waals surface area contributed by atoms with E-state index < -0.39 is 49.4 Å². The molecule has 1 saturated heterocycles. The number of ether oxygens (including phenoxy) is 1. The van der Waals surface area contributed by atoms with Crippen molar-refractivity contribution in [2.24, 2.45) is 10.8 Å². The highest BCUT2D eigenvalue weighted by atomic mass is 32.2. The molecule has 1 aliphatic heterocycles. The first-order valence-corrected chi connectivity index (χ1v) is 17.9. The monoisotopic (exact) mass is 703 g/mol. The summed E-state index contributed by atoms with van der Waals surface area (Å²) in [5.41, 5.74) is -3.32. The Kier molecular flexibility index (Phi) is 12.5. The van der Waals surface area contributed by atoms with Crippen molar-refractivity contribution in [3.05, 3.63) is 12.2 Å². The van der Waals surface area contributed by atoms with Gasteiger partial charge in [-0.2, -0.15) is 0 Å². The Labute approximate surface area is 277 Å². The molecule has 0 aliphatic carbocycles. The number of imidazole rings is 1. The van der Waals surface area contributed by atoms with E-state index >= 15 is 4.39 Å². The maximum absolute atomic E-state index is 16.3. The molecule has 0 bridgehead atoms. The van der Waals surface area contributed by atoms with Crippen LogP contribution in [0.4, 0.5) is 10.2 Å². The number of fused-ring (bicyclic) bond motifs is 1. The number of phosphoric acid groups is 1. The summed E-state index contributed by atoms with van der Waals surface area (Å²) in [4.78, 5) is 39.4. The van der Waals surface area contributed by atoms with Gasteiger partial charge >= 0.3 is 7.82 Å². The minimum Gasteiger partial charge on any atom is -0.386 e. The maximum atomic E-state index is 16.3. The molecule has 1 N–H and O–H groups in total. The highest BCUT2D eigenvalue weighted by molar-refractivity contribution is 8.14. The molecule has 4 atom stereocenters.